The van der Waals surface area contributed by atoms with Gasteiger partial charge >= 0.3 is 0 Å². The Morgan fingerprint density at radius 3 is 1.04 bits per heavy atom. The number of aromatic nitrogens is 3. The largest absolute Gasteiger partial charge is 0.311 e. The summed E-state index contributed by atoms with van der Waals surface area (Å²) in [5.41, 5.74) is 21.8. The standard InChI is InChI=1S/C71H48N4/c1-4-15-49(16-5-1)50-26-34-61(35-27-50)73(62-36-28-51(29-37-62)55-17-14-42-72-48-55)63-38-30-52(31-39-63)56-43-57(53-32-40-70-66(46-53)64-22-10-12-24-68(64)74(70)59-18-6-2-7-19-59)45-58(44-56)54-33-41-71-67(47-54)65-23-11-13-25-69(65)75(71)60-20-8-3-9-21-60/h1-48H. The van der Waals surface area contributed by atoms with Crippen LogP contribution >= 0.6 is 0 Å². The van der Waals surface area contributed by atoms with Crippen LogP contribution in [0.5, 0.6) is 0 Å². The van der Waals surface area contributed by atoms with Gasteiger partial charge in [-0.2, -0.15) is 0 Å². The summed E-state index contributed by atoms with van der Waals surface area (Å²) in [5, 5.41) is 4.92. The zero-order chi connectivity index (χ0) is 49.7. The number of rotatable bonds is 10. The van der Waals surface area contributed by atoms with E-state index in [1.807, 2.05) is 18.5 Å². The molecule has 14 rings (SSSR count). The first-order valence-electron chi connectivity index (χ1n) is 25.6. The van der Waals surface area contributed by atoms with Gasteiger partial charge in [0.15, 0.2) is 0 Å². The van der Waals surface area contributed by atoms with Crippen LogP contribution in [-0.4, -0.2) is 14.1 Å². The molecule has 0 saturated heterocycles. The average molecular weight is 957 g/mol. The van der Waals surface area contributed by atoms with E-state index in [2.05, 4.69) is 292 Å². The lowest BCUT2D eigenvalue weighted by Gasteiger charge is -2.26. The molecule has 0 fully saturated rings. The molecule has 4 heteroatoms. The Labute approximate surface area is 435 Å². The summed E-state index contributed by atoms with van der Waals surface area (Å²) in [6.45, 7) is 0. The van der Waals surface area contributed by atoms with E-state index in [9.17, 15) is 0 Å². The van der Waals surface area contributed by atoms with Crippen molar-refractivity contribution in [3.63, 3.8) is 0 Å². The maximum Gasteiger partial charge on any atom is 0.0541 e. The van der Waals surface area contributed by atoms with Crippen molar-refractivity contribution in [2.24, 2.45) is 0 Å². The fourth-order valence-electron chi connectivity index (χ4n) is 11.2. The molecule has 0 unspecified atom stereocenters. The molecule has 0 aliphatic rings. The van der Waals surface area contributed by atoms with Gasteiger partial charge in [0, 0.05) is 62.4 Å². The predicted octanol–water partition coefficient (Wildman–Crippen LogP) is 19.1. The van der Waals surface area contributed by atoms with Gasteiger partial charge in [0.25, 0.3) is 0 Å². The van der Waals surface area contributed by atoms with Crippen molar-refractivity contribution >= 4 is 60.7 Å². The zero-order valence-corrected chi connectivity index (χ0v) is 41.0. The number of pyridine rings is 1. The van der Waals surface area contributed by atoms with E-state index in [0.29, 0.717) is 0 Å². The molecule has 0 aliphatic heterocycles. The Balaban J connectivity index is 0.912. The van der Waals surface area contributed by atoms with Crippen LogP contribution in [-0.2, 0) is 0 Å². The Hall–Kier alpha value is -10.0. The number of nitrogens with zero attached hydrogens (tertiary/aromatic N) is 4. The quantitative estimate of drug-likeness (QED) is 0.137. The Morgan fingerprint density at radius 1 is 0.240 bits per heavy atom. The lowest BCUT2D eigenvalue weighted by molar-refractivity contribution is 1.18. The predicted molar refractivity (Wildman–Crippen MR) is 315 cm³/mol. The third-order valence-electron chi connectivity index (χ3n) is 14.8. The lowest BCUT2D eigenvalue weighted by atomic mass is 9.92. The van der Waals surface area contributed by atoms with Crippen LogP contribution in [0.3, 0.4) is 0 Å². The van der Waals surface area contributed by atoms with Gasteiger partial charge in [-0.1, -0.05) is 158 Å². The van der Waals surface area contributed by atoms with Crippen LogP contribution in [0.25, 0.3) is 111 Å². The van der Waals surface area contributed by atoms with E-state index in [0.717, 1.165) is 61.8 Å². The number of hydrogen-bond donors (Lipinski definition) is 0. The molecule has 352 valence electrons. The number of fused-ring (bicyclic) bond motifs is 6. The molecule has 0 atom stereocenters. The van der Waals surface area contributed by atoms with E-state index in [4.69, 9.17) is 0 Å². The highest BCUT2D eigenvalue weighted by atomic mass is 15.1. The molecule has 3 aromatic heterocycles. The zero-order valence-electron chi connectivity index (χ0n) is 41.0. The topological polar surface area (TPSA) is 26.0 Å². The number of benzene rings is 11. The molecule has 3 heterocycles. The average Bonchev–Trinajstić information content (AvgIpc) is 4.01. The van der Waals surface area contributed by atoms with E-state index in [1.165, 1.54) is 65.9 Å². The summed E-state index contributed by atoms with van der Waals surface area (Å²) in [6.07, 6.45) is 3.73. The fraction of sp³-hybridized carbons (Fsp3) is 0. The van der Waals surface area contributed by atoms with E-state index in [1.54, 1.807) is 0 Å². The number of para-hydroxylation sites is 4. The van der Waals surface area contributed by atoms with Crippen molar-refractivity contribution in [3.8, 4) is 67.0 Å². The second kappa shape index (κ2) is 18.5. The van der Waals surface area contributed by atoms with E-state index in [-0.39, 0.29) is 0 Å². The van der Waals surface area contributed by atoms with E-state index >= 15 is 0 Å². The van der Waals surface area contributed by atoms with Crippen LogP contribution in [0.1, 0.15) is 0 Å². The highest BCUT2D eigenvalue weighted by Crippen LogP contribution is 2.42. The SMILES string of the molecule is c1ccc(-c2ccc(N(c3ccc(-c4cccnc4)cc3)c3ccc(-c4cc(-c5ccc6c(c5)c5ccccc5n6-c5ccccc5)cc(-c5ccc6c(c5)c5ccccc5n6-c5ccccc5)c4)cc3)cc2)cc1. The van der Waals surface area contributed by atoms with Gasteiger partial charge in [0.2, 0.25) is 0 Å². The van der Waals surface area contributed by atoms with E-state index < -0.39 is 0 Å². The van der Waals surface area contributed by atoms with Gasteiger partial charge in [0.05, 0.1) is 22.1 Å². The first-order valence-corrected chi connectivity index (χ1v) is 25.6. The summed E-state index contributed by atoms with van der Waals surface area (Å²) >= 11 is 0. The minimum atomic E-state index is 1.07. The monoisotopic (exact) mass is 956 g/mol. The van der Waals surface area contributed by atoms with Gasteiger partial charge in [-0.15, -0.1) is 0 Å². The summed E-state index contributed by atoms with van der Waals surface area (Å²) in [6, 6.07) is 101. The second-order valence-corrected chi connectivity index (χ2v) is 19.2. The highest BCUT2D eigenvalue weighted by molar-refractivity contribution is 6.12. The minimum absolute atomic E-state index is 1.07. The summed E-state index contributed by atoms with van der Waals surface area (Å²) < 4.78 is 4.77. The summed E-state index contributed by atoms with van der Waals surface area (Å²) in [5.74, 6) is 0. The molecular formula is C71H48N4. The molecular weight excluding hydrogens is 909 g/mol. The maximum atomic E-state index is 4.38. The van der Waals surface area contributed by atoms with Gasteiger partial charge in [0.1, 0.15) is 0 Å². The molecule has 75 heavy (non-hydrogen) atoms. The Bertz CT molecular complexity index is 4090. The van der Waals surface area contributed by atoms with Crippen LogP contribution < -0.4 is 4.90 Å². The van der Waals surface area contributed by atoms with Crippen molar-refractivity contribution in [1.29, 1.82) is 0 Å². The number of anilines is 3. The first kappa shape index (κ1) is 43.7. The molecule has 0 radical (unpaired) electrons. The van der Waals surface area contributed by atoms with Crippen LogP contribution in [0.4, 0.5) is 17.1 Å². The van der Waals surface area contributed by atoms with Gasteiger partial charge in [-0.25, -0.2) is 0 Å². The lowest BCUT2D eigenvalue weighted by Crippen LogP contribution is -2.09. The molecule has 4 nitrogen and oxygen atoms in total. The normalized spacial score (nSPS) is 11.5. The summed E-state index contributed by atoms with van der Waals surface area (Å²) in [7, 11) is 0. The smallest absolute Gasteiger partial charge is 0.0541 e. The minimum Gasteiger partial charge on any atom is -0.311 e. The van der Waals surface area contributed by atoms with Crippen molar-refractivity contribution in [3.05, 3.63) is 291 Å². The molecule has 0 aliphatic carbocycles. The van der Waals surface area contributed by atoms with Crippen LogP contribution in [0, 0.1) is 0 Å². The molecule has 0 saturated carbocycles. The second-order valence-electron chi connectivity index (χ2n) is 19.2. The van der Waals surface area contributed by atoms with Crippen LogP contribution in [0.2, 0.25) is 0 Å². The fourth-order valence-corrected chi connectivity index (χ4v) is 11.2. The molecule has 0 N–H and O–H groups in total. The Morgan fingerprint density at radius 2 is 0.587 bits per heavy atom. The van der Waals surface area contributed by atoms with Crippen molar-refractivity contribution in [2.45, 2.75) is 0 Å². The van der Waals surface area contributed by atoms with Crippen molar-refractivity contribution in [1.82, 2.24) is 14.1 Å². The van der Waals surface area contributed by atoms with Gasteiger partial charge in [-0.05, 0) is 177 Å². The third-order valence-corrected chi connectivity index (χ3v) is 14.8. The molecule has 0 amide bonds. The first-order chi connectivity index (χ1) is 37.2. The van der Waals surface area contributed by atoms with Crippen LogP contribution in [0.15, 0.2) is 291 Å². The summed E-state index contributed by atoms with van der Waals surface area (Å²) in [4.78, 5) is 6.72. The Kier molecular flexibility index (Phi) is 10.8. The maximum absolute atomic E-state index is 4.38. The molecule has 11 aromatic carbocycles. The van der Waals surface area contributed by atoms with Crippen molar-refractivity contribution < 1.29 is 0 Å². The molecule has 0 bridgehead atoms. The molecule has 14 aromatic rings. The number of hydrogen-bond acceptors (Lipinski definition) is 2. The van der Waals surface area contributed by atoms with Gasteiger partial charge < -0.3 is 14.0 Å². The van der Waals surface area contributed by atoms with Crippen molar-refractivity contribution in [2.75, 3.05) is 4.90 Å². The highest BCUT2D eigenvalue weighted by Gasteiger charge is 2.19. The molecule has 0 spiro atoms. The third kappa shape index (κ3) is 7.93. The van der Waals surface area contributed by atoms with Gasteiger partial charge in [-0.3, -0.25) is 4.98 Å².